The first-order chi connectivity index (χ1) is 17.6. The van der Waals surface area contributed by atoms with Crippen molar-refractivity contribution in [3.05, 3.63) is 83.4 Å². The van der Waals surface area contributed by atoms with E-state index < -0.39 is 0 Å². The van der Waals surface area contributed by atoms with Gasteiger partial charge in [-0.15, -0.1) is 0 Å². The van der Waals surface area contributed by atoms with Crippen LogP contribution in [0, 0.1) is 0 Å². The number of hydrogen-bond donors (Lipinski definition) is 1. The number of alkyl carbamates (subject to hydrolysis) is 1. The first kappa shape index (κ1) is 23.1. The first-order valence-electron chi connectivity index (χ1n) is 13.4. The molecule has 2 heterocycles. The number of rotatable bonds is 5. The van der Waals surface area contributed by atoms with Gasteiger partial charge < -0.3 is 14.6 Å². The molecule has 1 spiro atoms. The smallest absolute Gasteiger partial charge is 0.407 e. The van der Waals surface area contributed by atoms with Gasteiger partial charge in [-0.2, -0.15) is 0 Å². The van der Waals surface area contributed by atoms with Crippen LogP contribution in [0.3, 0.4) is 0 Å². The van der Waals surface area contributed by atoms with Crippen LogP contribution in [0.25, 0.3) is 21.8 Å². The van der Waals surface area contributed by atoms with Gasteiger partial charge in [0.2, 0.25) is 0 Å². The molecule has 3 aromatic carbocycles. The second kappa shape index (κ2) is 9.29. The Bertz CT molecular complexity index is 1410. The van der Waals surface area contributed by atoms with E-state index in [1.807, 2.05) is 6.92 Å². The molecule has 2 aliphatic rings. The Morgan fingerprint density at radius 3 is 2.53 bits per heavy atom. The van der Waals surface area contributed by atoms with Crippen LogP contribution in [0.2, 0.25) is 0 Å². The molecule has 0 bridgehead atoms. The maximum Gasteiger partial charge on any atom is 0.407 e. The molecule has 1 atom stereocenters. The number of piperidine rings is 1. The van der Waals surface area contributed by atoms with E-state index in [9.17, 15) is 4.79 Å². The lowest BCUT2D eigenvalue weighted by Gasteiger charge is -2.40. The Balaban J connectivity index is 1.19. The Morgan fingerprint density at radius 1 is 0.972 bits per heavy atom. The average Bonchev–Trinajstić information content (AvgIpc) is 3.38. The molecular formula is C31H35N3O2. The summed E-state index contributed by atoms with van der Waals surface area (Å²) in [7, 11) is 0. The van der Waals surface area contributed by atoms with Crippen LogP contribution in [-0.2, 0) is 23.2 Å². The molecule has 0 saturated carbocycles. The van der Waals surface area contributed by atoms with Gasteiger partial charge in [0.05, 0.1) is 12.6 Å². The van der Waals surface area contributed by atoms with Crippen LogP contribution in [0.5, 0.6) is 0 Å². The van der Waals surface area contributed by atoms with Crippen LogP contribution in [0.15, 0.2) is 66.7 Å². The maximum absolute atomic E-state index is 12.2. The standard InChI is InChI=1S/C31H35N3O2/c1-3-34-28-12-8-6-9-23(28)25-19-22(13-14-29(25)34)21-33-17-15-31(16-18-33)20-27(32-30(35)36-4-2)24-10-5-7-11-26(24)31/h5-14,19,27H,3-4,15-18,20-21H2,1-2H3,(H,32,35). The number of hydrogen-bond acceptors (Lipinski definition) is 3. The fourth-order valence-corrected chi connectivity index (χ4v) is 6.75. The van der Waals surface area contributed by atoms with Crippen LogP contribution in [-0.4, -0.2) is 35.3 Å². The van der Waals surface area contributed by atoms with Crippen LogP contribution >= 0.6 is 0 Å². The third kappa shape index (κ3) is 3.86. The molecule has 1 N–H and O–H groups in total. The van der Waals surface area contributed by atoms with Gasteiger partial charge in [-0.05, 0) is 81.1 Å². The molecule has 1 unspecified atom stereocenters. The molecular weight excluding hydrogens is 446 g/mol. The molecule has 186 valence electrons. The van der Waals surface area contributed by atoms with Crippen LogP contribution < -0.4 is 5.32 Å². The molecule has 1 aliphatic heterocycles. The highest BCUT2D eigenvalue weighted by atomic mass is 16.5. The highest BCUT2D eigenvalue weighted by Crippen LogP contribution is 2.50. The van der Waals surface area contributed by atoms with Crippen molar-refractivity contribution in [2.24, 2.45) is 0 Å². The van der Waals surface area contributed by atoms with E-state index in [0.29, 0.717) is 6.61 Å². The van der Waals surface area contributed by atoms with Crippen molar-refractivity contribution in [2.45, 2.75) is 57.7 Å². The van der Waals surface area contributed by atoms with Crippen molar-refractivity contribution >= 4 is 27.9 Å². The number of carbonyl (C=O) groups is 1. The summed E-state index contributed by atoms with van der Waals surface area (Å²) in [5.74, 6) is 0. The minimum Gasteiger partial charge on any atom is -0.450 e. The number of aromatic nitrogens is 1. The minimum absolute atomic E-state index is 0.0325. The molecule has 1 aliphatic carbocycles. The van der Waals surface area contributed by atoms with Crippen molar-refractivity contribution in [1.29, 1.82) is 0 Å². The molecule has 4 aromatic rings. The van der Waals surface area contributed by atoms with Crippen molar-refractivity contribution < 1.29 is 9.53 Å². The lowest BCUT2D eigenvalue weighted by Crippen LogP contribution is -2.41. The van der Waals surface area contributed by atoms with E-state index in [-0.39, 0.29) is 17.6 Å². The summed E-state index contributed by atoms with van der Waals surface area (Å²) >= 11 is 0. The molecule has 1 fully saturated rings. The summed E-state index contributed by atoms with van der Waals surface area (Å²) in [5.41, 5.74) is 6.83. The highest BCUT2D eigenvalue weighted by molar-refractivity contribution is 6.08. The van der Waals surface area contributed by atoms with Gasteiger partial charge in [0.25, 0.3) is 0 Å². The SMILES string of the molecule is CCOC(=O)NC1CC2(CCN(Cc3ccc4c(c3)c3ccccc3n4CC)CC2)c2ccccc21. The zero-order chi connectivity index (χ0) is 24.7. The maximum atomic E-state index is 12.2. The number of carbonyl (C=O) groups excluding carboxylic acids is 1. The number of nitrogens with zero attached hydrogens (tertiary/aromatic N) is 2. The monoisotopic (exact) mass is 481 g/mol. The van der Waals surface area contributed by atoms with Crippen LogP contribution in [0.1, 0.15) is 55.8 Å². The molecule has 6 rings (SSSR count). The summed E-state index contributed by atoms with van der Waals surface area (Å²) in [6.07, 6.45) is 2.87. The van der Waals surface area contributed by atoms with Gasteiger partial charge >= 0.3 is 6.09 Å². The van der Waals surface area contributed by atoms with Crippen molar-refractivity contribution in [3.63, 3.8) is 0 Å². The van der Waals surface area contributed by atoms with E-state index in [0.717, 1.165) is 45.4 Å². The Kier molecular flexibility index (Phi) is 5.96. The van der Waals surface area contributed by atoms with E-state index in [1.54, 1.807) is 0 Å². The molecule has 5 heteroatoms. The van der Waals surface area contributed by atoms with E-state index in [2.05, 4.69) is 88.4 Å². The second-order valence-electron chi connectivity index (χ2n) is 10.4. The lowest BCUT2D eigenvalue weighted by molar-refractivity contribution is 0.135. The fraction of sp³-hybridized carbons (Fsp3) is 0.387. The van der Waals surface area contributed by atoms with Gasteiger partial charge in [-0.3, -0.25) is 4.90 Å². The highest BCUT2D eigenvalue weighted by Gasteiger charge is 2.45. The Hall–Kier alpha value is -3.31. The third-order valence-electron chi connectivity index (χ3n) is 8.44. The van der Waals surface area contributed by atoms with Crippen molar-refractivity contribution in [1.82, 2.24) is 14.8 Å². The summed E-state index contributed by atoms with van der Waals surface area (Å²) in [4.78, 5) is 14.8. The second-order valence-corrected chi connectivity index (χ2v) is 10.4. The lowest BCUT2D eigenvalue weighted by atomic mass is 9.73. The Morgan fingerprint density at radius 2 is 1.72 bits per heavy atom. The summed E-state index contributed by atoms with van der Waals surface area (Å²) < 4.78 is 7.60. The average molecular weight is 482 g/mol. The number of nitrogens with one attached hydrogen (secondary N) is 1. The number of benzene rings is 3. The number of likely N-dealkylation sites (tertiary alicyclic amines) is 1. The third-order valence-corrected chi connectivity index (χ3v) is 8.44. The van der Waals surface area contributed by atoms with E-state index >= 15 is 0 Å². The predicted molar refractivity (Wildman–Crippen MR) is 145 cm³/mol. The molecule has 1 saturated heterocycles. The molecule has 5 nitrogen and oxygen atoms in total. The number of ether oxygens (including phenoxy) is 1. The first-order valence-corrected chi connectivity index (χ1v) is 13.4. The molecule has 0 radical (unpaired) electrons. The van der Waals surface area contributed by atoms with Crippen LogP contribution in [0.4, 0.5) is 4.79 Å². The zero-order valence-electron chi connectivity index (χ0n) is 21.3. The minimum atomic E-state index is -0.313. The predicted octanol–water partition coefficient (Wildman–Crippen LogP) is 6.54. The quantitative estimate of drug-likeness (QED) is 0.352. The summed E-state index contributed by atoms with van der Waals surface area (Å²) in [6, 6.07) is 24.5. The summed E-state index contributed by atoms with van der Waals surface area (Å²) in [6.45, 7) is 8.54. The number of para-hydroxylation sites is 1. The number of aryl methyl sites for hydroxylation is 1. The van der Waals surface area contributed by atoms with E-state index in [1.165, 1.54) is 38.5 Å². The Labute approximate surface area is 213 Å². The molecule has 1 amide bonds. The van der Waals surface area contributed by atoms with Gasteiger partial charge in [-0.25, -0.2) is 4.79 Å². The normalized spacial score (nSPS) is 19.1. The van der Waals surface area contributed by atoms with E-state index in [4.69, 9.17) is 4.74 Å². The fourth-order valence-electron chi connectivity index (χ4n) is 6.75. The van der Waals surface area contributed by atoms with Crippen molar-refractivity contribution in [2.75, 3.05) is 19.7 Å². The largest absolute Gasteiger partial charge is 0.450 e. The van der Waals surface area contributed by atoms with Gasteiger partial charge in [0.1, 0.15) is 0 Å². The molecule has 1 aromatic heterocycles. The topological polar surface area (TPSA) is 46.5 Å². The zero-order valence-corrected chi connectivity index (χ0v) is 21.3. The number of amides is 1. The summed E-state index contributed by atoms with van der Waals surface area (Å²) in [5, 5.41) is 5.82. The van der Waals surface area contributed by atoms with Crippen molar-refractivity contribution in [3.8, 4) is 0 Å². The number of fused-ring (bicyclic) bond motifs is 5. The van der Waals surface area contributed by atoms with Gasteiger partial charge in [0.15, 0.2) is 0 Å². The van der Waals surface area contributed by atoms with Gasteiger partial charge in [-0.1, -0.05) is 48.5 Å². The molecule has 36 heavy (non-hydrogen) atoms. The van der Waals surface area contributed by atoms with Gasteiger partial charge in [0, 0.05) is 40.3 Å².